The van der Waals surface area contributed by atoms with E-state index in [2.05, 4.69) is 5.32 Å². The summed E-state index contributed by atoms with van der Waals surface area (Å²) in [4.78, 5) is 58.2. The van der Waals surface area contributed by atoms with Crippen LogP contribution in [-0.2, 0) is 28.7 Å². The molecular formula is C16H27N3O8. The van der Waals surface area contributed by atoms with Crippen molar-refractivity contribution in [2.24, 2.45) is 23.3 Å². The number of methoxy groups -OCH3 is 1. The van der Waals surface area contributed by atoms with Crippen LogP contribution in [0.5, 0.6) is 0 Å². The first-order valence-corrected chi connectivity index (χ1v) is 8.25. The fourth-order valence-electron chi connectivity index (χ4n) is 2.29. The highest BCUT2D eigenvalue weighted by atomic mass is 16.5. The minimum atomic E-state index is -1.35. The van der Waals surface area contributed by atoms with Gasteiger partial charge in [0.1, 0.15) is 5.78 Å². The molecule has 4 atom stereocenters. The van der Waals surface area contributed by atoms with E-state index in [0.717, 1.165) is 0 Å². The Morgan fingerprint density at radius 1 is 1.11 bits per heavy atom. The van der Waals surface area contributed by atoms with E-state index < -0.39 is 79.1 Å². The molecule has 2 amide bonds. The Kier molecular flexibility index (Phi) is 11.0. The van der Waals surface area contributed by atoms with E-state index in [4.69, 9.17) is 21.3 Å². The molecule has 0 saturated heterocycles. The highest BCUT2D eigenvalue weighted by Gasteiger charge is 2.30. The highest BCUT2D eigenvalue weighted by Crippen LogP contribution is 2.16. The summed E-state index contributed by atoms with van der Waals surface area (Å²) in [6.07, 6.45) is -2.69. The van der Waals surface area contributed by atoms with Gasteiger partial charge in [-0.15, -0.1) is 0 Å². The first-order chi connectivity index (χ1) is 12.5. The number of carboxylic acids is 1. The molecule has 0 bridgehead atoms. The number of hydrogen-bond acceptors (Lipinski definition) is 8. The molecule has 0 aromatic heterocycles. The zero-order valence-corrected chi connectivity index (χ0v) is 15.3. The summed E-state index contributed by atoms with van der Waals surface area (Å²) in [7, 11) is 1.36. The van der Waals surface area contributed by atoms with Gasteiger partial charge in [-0.3, -0.25) is 24.0 Å². The van der Waals surface area contributed by atoms with E-state index in [1.807, 2.05) is 0 Å². The number of hydrogen-bond donors (Lipinski definition) is 5. The molecule has 1 unspecified atom stereocenters. The maximum Gasteiger partial charge on any atom is 0.309 e. The van der Waals surface area contributed by atoms with Crippen molar-refractivity contribution in [1.29, 1.82) is 0 Å². The summed E-state index contributed by atoms with van der Waals surface area (Å²) in [5, 5.41) is 20.7. The molecule has 0 aliphatic carbocycles. The molecule has 0 fully saturated rings. The molecule has 0 spiro atoms. The number of rotatable bonds is 14. The van der Waals surface area contributed by atoms with Gasteiger partial charge in [-0.05, 0) is 6.92 Å². The van der Waals surface area contributed by atoms with Crippen molar-refractivity contribution in [3.05, 3.63) is 0 Å². The van der Waals surface area contributed by atoms with Crippen molar-refractivity contribution in [2.45, 2.75) is 38.3 Å². The first-order valence-electron chi connectivity index (χ1n) is 8.25. The van der Waals surface area contributed by atoms with Gasteiger partial charge in [-0.2, -0.15) is 0 Å². The van der Waals surface area contributed by atoms with E-state index in [-0.39, 0.29) is 6.61 Å². The molecule has 7 N–H and O–H groups in total. The Morgan fingerprint density at radius 3 is 2.15 bits per heavy atom. The van der Waals surface area contributed by atoms with Crippen LogP contribution in [0.2, 0.25) is 0 Å². The standard InChI is InChI=1S/C16H27N3O8/c1-8(20)11(16(25)26)5-10(21)3-9(4-14(18)23)15(24)19-6-13(22)12(17)7-27-2/h8-9,11-12,20H,3-7,17H2,1-2H3,(H2,18,23)(H,19,24)(H,25,26)/t8?,9-,11-,12-/m0/s1. The minimum absolute atomic E-state index is 0.0339. The molecule has 27 heavy (non-hydrogen) atoms. The normalized spacial score (nSPS) is 15.3. The summed E-state index contributed by atoms with van der Waals surface area (Å²) in [5.41, 5.74) is 10.6. The van der Waals surface area contributed by atoms with Crippen LogP contribution in [0.25, 0.3) is 0 Å². The van der Waals surface area contributed by atoms with Gasteiger partial charge in [0.2, 0.25) is 11.8 Å². The fourth-order valence-corrected chi connectivity index (χ4v) is 2.29. The molecule has 154 valence electrons. The Labute approximate surface area is 156 Å². The van der Waals surface area contributed by atoms with Gasteiger partial charge >= 0.3 is 5.97 Å². The van der Waals surface area contributed by atoms with Crippen LogP contribution in [0.3, 0.4) is 0 Å². The zero-order valence-electron chi connectivity index (χ0n) is 15.3. The van der Waals surface area contributed by atoms with Gasteiger partial charge in [0, 0.05) is 26.4 Å². The summed E-state index contributed by atoms with van der Waals surface area (Å²) in [6.45, 7) is 0.778. The number of nitrogens with two attached hydrogens (primary N) is 2. The second-order valence-electron chi connectivity index (χ2n) is 6.25. The number of amides is 2. The van der Waals surface area contributed by atoms with Crippen LogP contribution < -0.4 is 16.8 Å². The second-order valence-corrected chi connectivity index (χ2v) is 6.25. The lowest BCUT2D eigenvalue weighted by Crippen LogP contribution is -2.44. The molecule has 0 aliphatic rings. The number of aliphatic hydroxyl groups excluding tert-OH is 1. The molecule has 0 rings (SSSR count). The van der Waals surface area contributed by atoms with Crippen LogP contribution in [0.15, 0.2) is 0 Å². The largest absolute Gasteiger partial charge is 0.481 e. The summed E-state index contributed by atoms with van der Waals surface area (Å²) in [5.74, 6) is -6.58. The predicted octanol–water partition coefficient (Wildman–Crippen LogP) is -2.43. The lowest BCUT2D eigenvalue weighted by atomic mass is 9.90. The fraction of sp³-hybridized carbons (Fsp3) is 0.688. The number of primary amides is 1. The molecule has 11 nitrogen and oxygen atoms in total. The van der Waals surface area contributed by atoms with Crippen LogP contribution >= 0.6 is 0 Å². The summed E-state index contributed by atoms with van der Waals surface area (Å²) >= 11 is 0. The smallest absolute Gasteiger partial charge is 0.309 e. The number of aliphatic carboxylic acids is 1. The lowest BCUT2D eigenvalue weighted by Gasteiger charge is -2.18. The predicted molar refractivity (Wildman–Crippen MR) is 92.2 cm³/mol. The third kappa shape index (κ3) is 9.78. The van der Waals surface area contributed by atoms with E-state index in [0.29, 0.717) is 0 Å². The number of carbonyl (C=O) groups excluding carboxylic acids is 4. The van der Waals surface area contributed by atoms with Crippen LogP contribution in [0, 0.1) is 11.8 Å². The second kappa shape index (κ2) is 12.1. The zero-order chi connectivity index (χ0) is 21.1. The Balaban J connectivity index is 4.88. The van der Waals surface area contributed by atoms with Crippen molar-refractivity contribution in [3.8, 4) is 0 Å². The number of Topliss-reactive ketones (excluding diaryl/α,β-unsaturated/α-hetero) is 2. The van der Waals surface area contributed by atoms with Gasteiger partial charge in [-0.1, -0.05) is 0 Å². The highest BCUT2D eigenvalue weighted by molar-refractivity contribution is 5.94. The van der Waals surface area contributed by atoms with Crippen molar-refractivity contribution in [1.82, 2.24) is 5.32 Å². The third-order valence-electron chi connectivity index (χ3n) is 3.84. The average molecular weight is 389 g/mol. The van der Waals surface area contributed by atoms with Gasteiger partial charge in [0.25, 0.3) is 0 Å². The van der Waals surface area contributed by atoms with E-state index in [9.17, 15) is 29.1 Å². The van der Waals surface area contributed by atoms with Crippen LogP contribution in [-0.4, -0.2) is 72.0 Å². The maximum absolute atomic E-state index is 12.2. The molecular weight excluding hydrogens is 362 g/mol. The Hall–Kier alpha value is -2.37. The number of ketones is 2. The number of aliphatic hydroxyl groups is 1. The quantitative estimate of drug-likeness (QED) is 0.214. The lowest BCUT2D eigenvalue weighted by molar-refractivity contribution is -0.147. The van der Waals surface area contributed by atoms with Crippen molar-refractivity contribution >= 4 is 29.4 Å². The first kappa shape index (κ1) is 24.6. The Bertz CT molecular complexity index is 564. The van der Waals surface area contributed by atoms with E-state index in [1.54, 1.807) is 0 Å². The number of nitrogens with one attached hydrogen (secondary N) is 1. The van der Waals surface area contributed by atoms with Gasteiger partial charge < -0.3 is 31.7 Å². The van der Waals surface area contributed by atoms with Crippen LogP contribution in [0.1, 0.15) is 26.2 Å². The molecule has 0 aromatic carbocycles. The Morgan fingerprint density at radius 2 is 1.70 bits per heavy atom. The summed E-state index contributed by atoms with van der Waals surface area (Å²) < 4.78 is 4.73. The van der Waals surface area contributed by atoms with Gasteiger partial charge in [0.05, 0.1) is 37.1 Å². The van der Waals surface area contributed by atoms with Gasteiger partial charge in [0.15, 0.2) is 5.78 Å². The van der Waals surface area contributed by atoms with E-state index >= 15 is 0 Å². The van der Waals surface area contributed by atoms with Crippen molar-refractivity contribution < 1.29 is 38.9 Å². The third-order valence-corrected chi connectivity index (χ3v) is 3.84. The van der Waals surface area contributed by atoms with E-state index in [1.165, 1.54) is 14.0 Å². The average Bonchev–Trinajstić information content (AvgIpc) is 2.55. The maximum atomic E-state index is 12.2. The van der Waals surface area contributed by atoms with Crippen molar-refractivity contribution in [3.63, 3.8) is 0 Å². The number of carboxylic acid groups (broad SMARTS) is 1. The molecule has 0 heterocycles. The SMILES string of the molecule is COC[C@H](N)C(=O)CNC(=O)[C@H](CC(N)=O)CC(=O)C[C@H](C(=O)O)C(C)O. The number of ether oxygens (including phenoxy) is 1. The number of carbonyl (C=O) groups is 5. The molecule has 0 aromatic rings. The molecule has 0 radical (unpaired) electrons. The summed E-state index contributed by atoms with van der Waals surface area (Å²) in [6, 6.07) is -0.936. The molecule has 0 saturated carbocycles. The van der Waals surface area contributed by atoms with Crippen LogP contribution in [0.4, 0.5) is 0 Å². The van der Waals surface area contributed by atoms with Crippen molar-refractivity contribution in [2.75, 3.05) is 20.3 Å². The topological polar surface area (TPSA) is 199 Å². The molecule has 11 heteroatoms. The van der Waals surface area contributed by atoms with Gasteiger partial charge in [-0.25, -0.2) is 0 Å². The molecule has 0 aliphatic heterocycles. The minimum Gasteiger partial charge on any atom is -0.481 e. The monoisotopic (exact) mass is 389 g/mol.